The first-order chi connectivity index (χ1) is 15.1. The van der Waals surface area contributed by atoms with Crippen LogP contribution in [0.2, 0.25) is 5.02 Å². The number of piperazine rings is 1. The normalized spacial score (nSPS) is 20.0. The summed E-state index contributed by atoms with van der Waals surface area (Å²) in [5.41, 5.74) is 1.99. The van der Waals surface area contributed by atoms with Gasteiger partial charge in [-0.25, -0.2) is 0 Å². The molecule has 8 heteroatoms. The first-order valence-corrected chi connectivity index (χ1v) is 11.0. The lowest BCUT2D eigenvalue weighted by Gasteiger charge is -2.36. The molecule has 3 aromatic rings. The third-order valence-electron chi connectivity index (χ3n) is 6.22. The molecule has 1 aromatic heterocycles. The number of anilines is 1. The van der Waals surface area contributed by atoms with E-state index in [1.165, 1.54) is 0 Å². The molecule has 2 saturated heterocycles. The topological polar surface area (TPSA) is 72.5 Å². The van der Waals surface area contributed by atoms with Crippen molar-refractivity contribution in [1.29, 1.82) is 0 Å². The van der Waals surface area contributed by atoms with E-state index in [4.69, 9.17) is 11.6 Å². The van der Waals surface area contributed by atoms with Crippen LogP contribution in [0.5, 0.6) is 0 Å². The molecule has 2 fully saturated rings. The van der Waals surface area contributed by atoms with Crippen LogP contribution in [0.1, 0.15) is 12.0 Å². The van der Waals surface area contributed by atoms with Crippen molar-refractivity contribution in [2.45, 2.75) is 13.0 Å². The maximum Gasteiger partial charge on any atom is 0.229 e. The number of hydrogen-bond acceptors (Lipinski definition) is 4. The molecule has 0 spiro atoms. The first-order valence-electron chi connectivity index (χ1n) is 10.6. The molecule has 5 rings (SSSR count). The summed E-state index contributed by atoms with van der Waals surface area (Å²) in [7, 11) is 0. The van der Waals surface area contributed by atoms with Crippen LogP contribution in [0.3, 0.4) is 0 Å². The summed E-state index contributed by atoms with van der Waals surface area (Å²) in [6.07, 6.45) is 0.236. The lowest BCUT2D eigenvalue weighted by molar-refractivity contribution is -0.137. The second-order valence-electron chi connectivity index (χ2n) is 8.19. The van der Waals surface area contributed by atoms with E-state index < -0.39 is 0 Å². The molecule has 1 atom stereocenters. The lowest BCUT2D eigenvalue weighted by Crippen LogP contribution is -2.50. The Bertz CT molecular complexity index is 1120. The smallest absolute Gasteiger partial charge is 0.229 e. The van der Waals surface area contributed by atoms with Crippen molar-refractivity contribution >= 4 is 40.1 Å². The highest BCUT2D eigenvalue weighted by Gasteiger charge is 2.39. The van der Waals surface area contributed by atoms with Crippen molar-refractivity contribution < 1.29 is 9.59 Å². The predicted octanol–water partition coefficient (Wildman–Crippen LogP) is 2.91. The van der Waals surface area contributed by atoms with Gasteiger partial charge in [0.15, 0.2) is 5.82 Å². The highest BCUT2D eigenvalue weighted by atomic mass is 35.5. The van der Waals surface area contributed by atoms with Gasteiger partial charge in [0.05, 0.1) is 11.4 Å². The fourth-order valence-corrected chi connectivity index (χ4v) is 4.68. The van der Waals surface area contributed by atoms with Crippen molar-refractivity contribution in [3.63, 3.8) is 0 Å². The largest absolute Gasteiger partial charge is 0.340 e. The second kappa shape index (κ2) is 8.32. The Hall–Kier alpha value is -2.90. The predicted molar refractivity (Wildman–Crippen MR) is 120 cm³/mol. The minimum absolute atomic E-state index is 0.0482. The van der Waals surface area contributed by atoms with Gasteiger partial charge >= 0.3 is 0 Å². The quantitative estimate of drug-likeness (QED) is 0.681. The van der Waals surface area contributed by atoms with Crippen LogP contribution in [0.4, 0.5) is 5.82 Å². The molecule has 7 nitrogen and oxygen atoms in total. The van der Waals surface area contributed by atoms with Crippen molar-refractivity contribution in [3.05, 3.63) is 59.1 Å². The molecule has 31 heavy (non-hydrogen) atoms. The molecule has 2 aliphatic heterocycles. The zero-order valence-corrected chi connectivity index (χ0v) is 17.9. The van der Waals surface area contributed by atoms with Crippen LogP contribution >= 0.6 is 11.6 Å². The Morgan fingerprint density at radius 1 is 1.06 bits per heavy atom. The molecule has 0 aliphatic carbocycles. The molecule has 2 amide bonds. The Kier molecular flexibility index (Phi) is 5.38. The number of halogens is 1. The summed E-state index contributed by atoms with van der Waals surface area (Å²) >= 11 is 6.28. The average molecular weight is 438 g/mol. The number of H-pyrrole nitrogens is 1. The molecule has 2 aromatic carbocycles. The number of aromatic amines is 1. The SMILES string of the molecule is O=C([C@@H]1CC(=O)N(c2n[nH]c3ccccc23)C1)N1CCN(Cc2ccccc2Cl)CC1. The third kappa shape index (κ3) is 3.91. The highest BCUT2D eigenvalue weighted by molar-refractivity contribution is 6.31. The minimum Gasteiger partial charge on any atom is -0.340 e. The van der Waals surface area contributed by atoms with Crippen LogP contribution in [-0.2, 0) is 16.1 Å². The van der Waals surface area contributed by atoms with Crippen molar-refractivity contribution in [2.24, 2.45) is 5.92 Å². The Balaban J connectivity index is 1.21. The van der Waals surface area contributed by atoms with E-state index >= 15 is 0 Å². The summed E-state index contributed by atoms with van der Waals surface area (Å²) < 4.78 is 0. The van der Waals surface area contributed by atoms with Gasteiger partial charge in [-0.1, -0.05) is 41.9 Å². The molecular weight excluding hydrogens is 414 g/mol. The summed E-state index contributed by atoms with van der Waals surface area (Å²) in [6, 6.07) is 15.6. The second-order valence-corrected chi connectivity index (χ2v) is 8.60. The van der Waals surface area contributed by atoms with Gasteiger partial charge in [0.2, 0.25) is 11.8 Å². The van der Waals surface area contributed by atoms with E-state index in [9.17, 15) is 9.59 Å². The van der Waals surface area contributed by atoms with E-state index in [1.807, 2.05) is 53.4 Å². The van der Waals surface area contributed by atoms with E-state index in [0.717, 1.165) is 41.1 Å². The standard InChI is InChI=1S/C23H24ClN5O2/c24-19-7-3-1-5-16(19)14-27-9-11-28(12-10-27)23(31)17-13-21(30)29(15-17)22-18-6-2-4-8-20(18)25-26-22/h1-8,17H,9-15H2,(H,25,26)/t17-/m1/s1. The number of nitrogens with zero attached hydrogens (tertiary/aromatic N) is 4. The molecule has 2 aliphatic rings. The van der Waals surface area contributed by atoms with Crippen LogP contribution in [0, 0.1) is 5.92 Å². The van der Waals surface area contributed by atoms with Crippen molar-refractivity contribution in [3.8, 4) is 0 Å². The molecule has 1 N–H and O–H groups in total. The molecule has 160 valence electrons. The highest BCUT2D eigenvalue weighted by Crippen LogP contribution is 2.30. The maximum absolute atomic E-state index is 13.1. The van der Waals surface area contributed by atoms with Crippen LogP contribution in [0.15, 0.2) is 48.5 Å². The number of fused-ring (bicyclic) bond motifs is 1. The van der Waals surface area contributed by atoms with Gasteiger partial charge in [0, 0.05) is 56.1 Å². The van der Waals surface area contributed by atoms with Gasteiger partial charge in [-0.05, 0) is 23.8 Å². The molecule has 0 bridgehead atoms. The number of nitrogens with one attached hydrogen (secondary N) is 1. The summed E-state index contributed by atoms with van der Waals surface area (Å²) in [4.78, 5) is 31.7. The number of rotatable bonds is 4. The number of carbonyl (C=O) groups is 2. The fraction of sp³-hybridized carbons (Fsp3) is 0.348. The molecule has 0 saturated carbocycles. The van der Waals surface area contributed by atoms with Crippen molar-refractivity contribution in [2.75, 3.05) is 37.6 Å². The number of aromatic nitrogens is 2. The first kappa shape index (κ1) is 20.0. The number of hydrogen-bond donors (Lipinski definition) is 1. The van der Waals surface area contributed by atoms with Crippen molar-refractivity contribution in [1.82, 2.24) is 20.0 Å². The Morgan fingerprint density at radius 2 is 1.81 bits per heavy atom. The van der Waals surface area contributed by atoms with Gasteiger partial charge in [-0.15, -0.1) is 0 Å². The maximum atomic E-state index is 13.1. The molecule has 0 radical (unpaired) electrons. The van der Waals surface area contributed by atoms with E-state index in [2.05, 4.69) is 15.1 Å². The van der Waals surface area contributed by atoms with E-state index in [1.54, 1.807) is 4.90 Å². The number of carbonyl (C=O) groups excluding carboxylic acids is 2. The Labute approximate surface area is 185 Å². The summed E-state index contributed by atoms with van der Waals surface area (Å²) in [5.74, 6) is 0.305. The average Bonchev–Trinajstić information content (AvgIpc) is 3.38. The van der Waals surface area contributed by atoms with E-state index in [0.29, 0.717) is 25.5 Å². The van der Waals surface area contributed by atoms with Gasteiger partial charge in [-0.2, -0.15) is 5.10 Å². The monoisotopic (exact) mass is 437 g/mol. The van der Waals surface area contributed by atoms with Gasteiger partial charge in [-0.3, -0.25) is 24.5 Å². The van der Waals surface area contributed by atoms with Crippen LogP contribution in [-0.4, -0.2) is 64.5 Å². The molecular formula is C23H24ClN5O2. The third-order valence-corrected chi connectivity index (χ3v) is 6.58. The lowest BCUT2D eigenvalue weighted by atomic mass is 10.1. The van der Waals surface area contributed by atoms with Gasteiger partial charge < -0.3 is 4.90 Å². The zero-order chi connectivity index (χ0) is 21.4. The number of benzene rings is 2. The van der Waals surface area contributed by atoms with Crippen LogP contribution < -0.4 is 4.90 Å². The molecule has 3 heterocycles. The summed E-state index contributed by atoms with van der Waals surface area (Å²) in [5, 5.41) is 8.97. The zero-order valence-electron chi connectivity index (χ0n) is 17.1. The fourth-order valence-electron chi connectivity index (χ4n) is 4.48. The number of amides is 2. The van der Waals surface area contributed by atoms with Gasteiger partial charge in [0.25, 0.3) is 0 Å². The van der Waals surface area contributed by atoms with Crippen LogP contribution in [0.25, 0.3) is 10.9 Å². The Morgan fingerprint density at radius 3 is 2.61 bits per heavy atom. The number of para-hydroxylation sites is 1. The summed E-state index contributed by atoms with van der Waals surface area (Å²) in [6.45, 7) is 4.09. The molecule has 0 unspecified atom stereocenters. The van der Waals surface area contributed by atoms with Gasteiger partial charge in [0.1, 0.15) is 0 Å². The minimum atomic E-state index is -0.321. The van der Waals surface area contributed by atoms with E-state index in [-0.39, 0.29) is 24.2 Å².